The van der Waals surface area contributed by atoms with Crippen LogP contribution >= 0.6 is 11.6 Å². The second-order valence-electron chi connectivity index (χ2n) is 2.91. The van der Waals surface area contributed by atoms with Crippen molar-refractivity contribution in [3.8, 4) is 0 Å². The molecule has 0 saturated heterocycles. The maximum absolute atomic E-state index is 11.5. The van der Waals surface area contributed by atoms with E-state index in [-0.39, 0.29) is 5.78 Å². The first-order valence-electron chi connectivity index (χ1n) is 4.23. The number of halogens is 1. The molecular weight excluding hydrogens is 186 g/mol. The summed E-state index contributed by atoms with van der Waals surface area (Å²) >= 11 is 5.85. The summed E-state index contributed by atoms with van der Waals surface area (Å²) in [6, 6.07) is 4.96. The Labute approximate surface area is 82.7 Å². The fourth-order valence-electron chi connectivity index (χ4n) is 1.12. The van der Waals surface area contributed by atoms with Crippen molar-refractivity contribution < 1.29 is 4.79 Å². The molecule has 0 atom stereocenters. The predicted octanol–water partition coefficient (Wildman–Crippen LogP) is 2.91. The van der Waals surface area contributed by atoms with Crippen LogP contribution in [-0.4, -0.2) is 5.78 Å². The van der Waals surface area contributed by atoms with Gasteiger partial charge in [0.25, 0.3) is 0 Å². The number of ketones is 1. The van der Waals surface area contributed by atoms with E-state index in [4.69, 9.17) is 17.3 Å². The number of rotatable bonds is 3. The van der Waals surface area contributed by atoms with E-state index < -0.39 is 0 Å². The molecule has 0 aliphatic carbocycles. The summed E-state index contributed by atoms with van der Waals surface area (Å²) in [5.41, 5.74) is 6.65. The first kappa shape index (κ1) is 10.1. The van der Waals surface area contributed by atoms with Crippen LogP contribution in [-0.2, 0) is 0 Å². The van der Waals surface area contributed by atoms with Crippen LogP contribution in [0.25, 0.3) is 0 Å². The predicted molar refractivity (Wildman–Crippen MR) is 55.1 cm³/mol. The summed E-state index contributed by atoms with van der Waals surface area (Å²) < 4.78 is 0. The average molecular weight is 198 g/mol. The maximum atomic E-state index is 11.5. The van der Waals surface area contributed by atoms with Gasteiger partial charge >= 0.3 is 0 Å². The molecule has 0 unspecified atom stereocenters. The number of benzene rings is 1. The molecule has 13 heavy (non-hydrogen) atoms. The second-order valence-corrected chi connectivity index (χ2v) is 3.32. The van der Waals surface area contributed by atoms with Gasteiger partial charge in [-0.1, -0.05) is 18.5 Å². The Morgan fingerprint density at radius 1 is 1.54 bits per heavy atom. The van der Waals surface area contributed by atoms with E-state index in [2.05, 4.69) is 0 Å². The molecule has 0 bridgehead atoms. The van der Waals surface area contributed by atoms with Crippen LogP contribution in [0.4, 0.5) is 5.69 Å². The lowest BCUT2D eigenvalue weighted by atomic mass is 10.1. The first-order valence-corrected chi connectivity index (χ1v) is 4.61. The monoisotopic (exact) mass is 197 g/mol. The summed E-state index contributed by atoms with van der Waals surface area (Å²) in [6.07, 6.45) is 1.34. The number of carbonyl (C=O) groups excluding carboxylic acids is 1. The van der Waals surface area contributed by atoms with E-state index in [1.807, 2.05) is 6.92 Å². The number of carbonyl (C=O) groups is 1. The lowest BCUT2D eigenvalue weighted by molar-refractivity contribution is 0.0982. The molecule has 0 amide bonds. The van der Waals surface area contributed by atoms with Gasteiger partial charge in [0.15, 0.2) is 5.78 Å². The number of anilines is 1. The number of hydrogen-bond donors (Lipinski definition) is 1. The van der Waals surface area contributed by atoms with Crippen molar-refractivity contribution in [1.82, 2.24) is 0 Å². The molecule has 2 nitrogen and oxygen atoms in total. The molecule has 0 aromatic heterocycles. The largest absolute Gasteiger partial charge is 0.399 e. The summed E-state index contributed by atoms with van der Waals surface area (Å²) in [5.74, 6) is 0.0554. The standard InChI is InChI=1S/C10H12ClNO/c1-2-3-10(13)8-6-7(12)4-5-9(8)11/h4-6H,2-3,12H2,1H3. The Balaban J connectivity index is 2.99. The average Bonchev–Trinajstić information content (AvgIpc) is 2.09. The molecule has 1 aromatic rings. The van der Waals surface area contributed by atoms with Crippen molar-refractivity contribution in [3.63, 3.8) is 0 Å². The number of nitrogen functional groups attached to an aromatic ring is 1. The highest BCUT2D eigenvalue weighted by Crippen LogP contribution is 2.20. The molecule has 0 aliphatic heterocycles. The van der Waals surface area contributed by atoms with Gasteiger partial charge in [0, 0.05) is 17.7 Å². The minimum absolute atomic E-state index is 0.0554. The topological polar surface area (TPSA) is 43.1 Å². The lowest BCUT2D eigenvalue weighted by Gasteiger charge is -2.02. The molecule has 70 valence electrons. The van der Waals surface area contributed by atoms with Gasteiger partial charge < -0.3 is 5.73 Å². The highest BCUT2D eigenvalue weighted by molar-refractivity contribution is 6.34. The molecule has 0 radical (unpaired) electrons. The zero-order valence-electron chi connectivity index (χ0n) is 7.51. The third-order valence-electron chi connectivity index (χ3n) is 1.77. The van der Waals surface area contributed by atoms with Crippen molar-refractivity contribution >= 4 is 23.1 Å². The van der Waals surface area contributed by atoms with Crippen LogP contribution in [0.5, 0.6) is 0 Å². The van der Waals surface area contributed by atoms with Gasteiger partial charge in [-0.25, -0.2) is 0 Å². The SMILES string of the molecule is CCCC(=O)c1cc(N)ccc1Cl. The van der Waals surface area contributed by atoms with Crippen LogP contribution in [0.1, 0.15) is 30.1 Å². The fourth-order valence-corrected chi connectivity index (χ4v) is 1.34. The third kappa shape index (κ3) is 2.46. The number of nitrogens with two attached hydrogens (primary N) is 1. The molecule has 0 heterocycles. The quantitative estimate of drug-likeness (QED) is 0.598. The van der Waals surface area contributed by atoms with Gasteiger partial charge in [-0.05, 0) is 24.6 Å². The summed E-state index contributed by atoms with van der Waals surface area (Å²) in [6.45, 7) is 1.96. The van der Waals surface area contributed by atoms with E-state index in [1.54, 1.807) is 18.2 Å². The summed E-state index contributed by atoms with van der Waals surface area (Å²) in [4.78, 5) is 11.5. The van der Waals surface area contributed by atoms with E-state index >= 15 is 0 Å². The smallest absolute Gasteiger partial charge is 0.164 e. The van der Waals surface area contributed by atoms with Gasteiger partial charge in [0.2, 0.25) is 0 Å². The first-order chi connectivity index (χ1) is 6.15. The molecule has 0 saturated carbocycles. The second kappa shape index (κ2) is 4.28. The minimum Gasteiger partial charge on any atom is -0.399 e. The van der Waals surface area contributed by atoms with E-state index in [9.17, 15) is 4.79 Å². The molecule has 0 spiro atoms. The molecule has 1 rings (SSSR count). The molecule has 0 fully saturated rings. The summed E-state index contributed by atoms with van der Waals surface area (Å²) in [7, 11) is 0. The summed E-state index contributed by atoms with van der Waals surface area (Å²) in [5, 5.41) is 0.479. The van der Waals surface area contributed by atoms with Crippen molar-refractivity contribution in [2.75, 3.05) is 5.73 Å². The molecule has 0 aliphatic rings. The normalized spacial score (nSPS) is 10.0. The molecule has 3 heteroatoms. The van der Waals surface area contributed by atoms with E-state index in [0.29, 0.717) is 22.7 Å². The van der Waals surface area contributed by atoms with Crippen LogP contribution in [0, 0.1) is 0 Å². The Kier molecular flexibility index (Phi) is 3.32. The van der Waals surface area contributed by atoms with Crippen molar-refractivity contribution in [3.05, 3.63) is 28.8 Å². The highest BCUT2D eigenvalue weighted by atomic mass is 35.5. The van der Waals surface area contributed by atoms with Crippen LogP contribution in [0.15, 0.2) is 18.2 Å². The maximum Gasteiger partial charge on any atom is 0.164 e. The Morgan fingerprint density at radius 3 is 2.85 bits per heavy atom. The van der Waals surface area contributed by atoms with Crippen molar-refractivity contribution in [2.24, 2.45) is 0 Å². The van der Waals surface area contributed by atoms with E-state index in [1.165, 1.54) is 0 Å². The Bertz CT molecular complexity index is 323. The van der Waals surface area contributed by atoms with Crippen molar-refractivity contribution in [1.29, 1.82) is 0 Å². The van der Waals surface area contributed by atoms with Crippen LogP contribution in [0.2, 0.25) is 5.02 Å². The number of hydrogen-bond acceptors (Lipinski definition) is 2. The van der Waals surface area contributed by atoms with Crippen molar-refractivity contribution in [2.45, 2.75) is 19.8 Å². The van der Waals surface area contributed by atoms with Gasteiger partial charge in [-0.15, -0.1) is 0 Å². The zero-order chi connectivity index (χ0) is 9.84. The minimum atomic E-state index is 0.0554. The Hall–Kier alpha value is -1.02. The number of Topliss-reactive ketones (excluding diaryl/α,β-unsaturated/α-hetero) is 1. The van der Waals surface area contributed by atoms with Crippen LogP contribution < -0.4 is 5.73 Å². The third-order valence-corrected chi connectivity index (χ3v) is 2.10. The fraction of sp³-hybridized carbons (Fsp3) is 0.300. The highest BCUT2D eigenvalue weighted by Gasteiger charge is 2.08. The molecule has 1 aromatic carbocycles. The Morgan fingerprint density at radius 2 is 2.23 bits per heavy atom. The van der Waals surface area contributed by atoms with Gasteiger partial charge in [-0.3, -0.25) is 4.79 Å². The van der Waals surface area contributed by atoms with Gasteiger partial charge in [0.05, 0.1) is 5.02 Å². The lowest BCUT2D eigenvalue weighted by Crippen LogP contribution is -2.00. The zero-order valence-corrected chi connectivity index (χ0v) is 8.27. The van der Waals surface area contributed by atoms with E-state index in [0.717, 1.165) is 6.42 Å². The molecular formula is C10H12ClNO. The van der Waals surface area contributed by atoms with Crippen LogP contribution in [0.3, 0.4) is 0 Å². The molecule has 2 N–H and O–H groups in total. The van der Waals surface area contributed by atoms with Gasteiger partial charge in [-0.2, -0.15) is 0 Å². The van der Waals surface area contributed by atoms with Gasteiger partial charge in [0.1, 0.15) is 0 Å².